The Hall–Kier alpha value is -3.48. The lowest BCUT2D eigenvalue weighted by Crippen LogP contribution is -2.22. The molecule has 3 aromatic rings. The van der Waals surface area contributed by atoms with Crippen molar-refractivity contribution in [2.24, 2.45) is 16.5 Å². The van der Waals surface area contributed by atoms with Crippen LogP contribution in [0.3, 0.4) is 0 Å². The number of aliphatic hydroxyl groups is 2. The van der Waals surface area contributed by atoms with Crippen LogP contribution in [0.1, 0.15) is 11.4 Å². The summed E-state index contributed by atoms with van der Waals surface area (Å²) in [5, 5.41) is 18.7. The predicted octanol–water partition coefficient (Wildman–Crippen LogP) is -0.516. The van der Waals surface area contributed by atoms with E-state index in [9.17, 15) is 5.11 Å². The number of nitrogens with two attached hydrogens (primary N) is 2. The maximum Gasteiger partial charge on any atom is 0.209 e. The van der Waals surface area contributed by atoms with Crippen molar-refractivity contribution in [3.8, 4) is 11.8 Å². The van der Waals surface area contributed by atoms with Crippen molar-refractivity contribution < 1.29 is 10.2 Å². The second kappa shape index (κ2) is 7.60. The molecule has 6 N–H and O–H groups in total. The van der Waals surface area contributed by atoms with Gasteiger partial charge in [-0.1, -0.05) is 24.1 Å². The number of fused-ring (bicyclic) bond motifs is 1. The Bertz CT molecular complexity index is 998. The van der Waals surface area contributed by atoms with Gasteiger partial charge in [0.1, 0.15) is 0 Å². The van der Waals surface area contributed by atoms with Gasteiger partial charge in [-0.15, -0.1) is 0 Å². The van der Waals surface area contributed by atoms with Crippen molar-refractivity contribution >= 4 is 22.9 Å². The molecule has 9 heteroatoms. The molecule has 3 rings (SSSR count). The first-order valence-corrected chi connectivity index (χ1v) is 7.75. The van der Waals surface area contributed by atoms with Gasteiger partial charge in [0.15, 0.2) is 22.9 Å². The van der Waals surface area contributed by atoms with Gasteiger partial charge < -0.3 is 26.2 Å². The minimum absolute atomic E-state index is 0.108. The van der Waals surface area contributed by atoms with Gasteiger partial charge in [0.25, 0.3) is 0 Å². The molecule has 132 valence electrons. The highest BCUT2D eigenvalue weighted by atomic mass is 16.3. The molecule has 0 aliphatic carbocycles. The van der Waals surface area contributed by atoms with Crippen LogP contribution >= 0.6 is 0 Å². The van der Waals surface area contributed by atoms with Crippen LogP contribution < -0.4 is 11.5 Å². The standard InChI is InChI=1S/C17H17N7O2/c18-17(19)23-15-14-16(24(10-20-14)8-12(26)9-25)22-13(21-15)7-6-11-4-2-1-3-5-11/h1-5,10,12,25-26H,8-9H2,(H4,18,19,21,22,23). The maximum absolute atomic E-state index is 9.69. The topological polar surface area (TPSA) is 148 Å². The summed E-state index contributed by atoms with van der Waals surface area (Å²) in [4.78, 5) is 16.8. The fourth-order valence-corrected chi connectivity index (χ4v) is 2.25. The van der Waals surface area contributed by atoms with E-state index in [4.69, 9.17) is 16.6 Å². The Balaban J connectivity index is 2.10. The molecule has 26 heavy (non-hydrogen) atoms. The highest BCUT2D eigenvalue weighted by Crippen LogP contribution is 2.21. The minimum Gasteiger partial charge on any atom is -0.394 e. The van der Waals surface area contributed by atoms with Crippen LogP contribution in [0.2, 0.25) is 0 Å². The summed E-state index contributed by atoms with van der Waals surface area (Å²) in [6, 6.07) is 9.39. The molecule has 0 aliphatic heterocycles. The molecular formula is C17H17N7O2. The van der Waals surface area contributed by atoms with E-state index in [1.807, 2.05) is 30.3 Å². The summed E-state index contributed by atoms with van der Waals surface area (Å²) in [6.07, 6.45) is 0.519. The summed E-state index contributed by atoms with van der Waals surface area (Å²) in [5.41, 5.74) is 12.5. The highest BCUT2D eigenvalue weighted by molar-refractivity contribution is 5.87. The Morgan fingerprint density at radius 3 is 2.65 bits per heavy atom. The zero-order valence-electron chi connectivity index (χ0n) is 13.7. The molecule has 0 fully saturated rings. The number of aliphatic imine (C=N–C) groups is 1. The van der Waals surface area contributed by atoms with E-state index in [1.54, 1.807) is 4.57 Å². The number of aliphatic hydroxyl groups excluding tert-OH is 2. The monoisotopic (exact) mass is 351 g/mol. The second-order valence-electron chi connectivity index (χ2n) is 5.43. The molecule has 0 saturated carbocycles. The van der Waals surface area contributed by atoms with Crippen LogP contribution in [0.25, 0.3) is 11.2 Å². The molecule has 0 spiro atoms. The molecule has 1 unspecified atom stereocenters. The third-order valence-corrected chi connectivity index (χ3v) is 3.39. The first-order valence-electron chi connectivity index (χ1n) is 7.75. The van der Waals surface area contributed by atoms with Gasteiger partial charge in [0, 0.05) is 5.56 Å². The van der Waals surface area contributed by atoms with Crippen molar-refractivity contribution in [2.45, 2.75) is 12.6 Å². The van der Waals surface area contributed by atoms with Crippen LogP contribution in [0.4, 0.5) is 5.82 Å². The zero-order valence-corrected chi connectivity index (χ0v) is 13.7. The fraction of sp³-hybridized carbons (Fsp3) is 0.176. The zero-order chi connectivity index (χ0) is 18.5. The van der Waals surface area contributed by atoms with Crippen molar-refractivity contribution in [1.82, 2.24) is 19.5 Å². The normalized spacial score (nSPS) is 11.6. The molecule has 2 aromatic heterocycles. The predicted molar refractivity (Wildman–Crippen MR) is 96.3 cm³/mol. The first-order chi connectivity index (χ1) is 12.6. The van der Waals surface area contributed by atoms with Gasteiger partial charge in [-0.05, 0) is 18.1 Å². The smallest absolute Gasteiger partial charge is 0.209 e. The van der Waals surface area contributed by atoms with E-state index < -0.39 is 6.10 Å². The highest BCUT2D eigenvalue weighted by Gasteiger charge is 2.14. The lowest BCUT2D eigenvalue weighted by molar-refractivity contribution is 0.0820. The van der Waals surface area contributed by atoms with E-state index in [-0.39, 0.29) is 30.8 Å². The summed E-state index contributed by atoms with van der Waals surface area (Å²) in [7, 11) is 0. The van der Waals surface area contributed by atoms with E-state index in [0.717, 1.165) is 5.56 Å². The van der Waals surface area contributed by atoms with Crippen molar-refractivity contribution in [3.05, 3.63) is 48.0 Å². The van der Waals surface area contributed by atoms with E-state index in [1.165, 1.54) is 6.33 Å². The van der Waals surface area contributed by atoms with Crippen LogP contribution in [0.5, 0.6) is 0 Å². The summed E-state index contributed by atoms with van der Waals surface area (Å²) in [6.45, 7) is -0.275. The number of nitrogens with zero attached hydrogens (tertiary/aromatic N) is 5. The Labute approximate surface area is 149 Å². The van der Waals surface area contributed by atoms with Crippen molar-refractivity contribution in [2.75, 3.05) is 6.61 Å². The van der Waals surface area contributed by atoms with Gasteiger partial charge in [0.05, 0.1) is 25.6 Å². The number of hydrogen-bond acceptors (Lipinski definition) is 6. The van der Waals surface area contributed by atoms with Crippen LogP contribution in [-0.4, -0.2) is 48.4 Å². The van der Waals surface area contributed by atoms with Crippen molar-refractivity contribution in [3.63, 3.8) is 0 Å². The van der Waals surface area contributed by atoms with Crippen molar-refractivity contribution in [1.29, 1.82) is 0 Å². The molecule has 1 aromatic carbocycles. The summed E-state index contributed by atoms with van der Waals surface area (Å²) in [5.74, 6) is 6.06. The number of rotatable bonds is 4. The minimum atomic E-state index is -0.951. The Kier molecular flexibility index (Phi) is 5.07. The SMILES string of the molecule is NC(N)=Nc1nc(C#Cc2ccccc2)nc2c1ncn2CC(O)CO. The largest absolute Gasteiger partial charge is 0.394 e. The third kappa shape index (κ3) is 3.94. The molecule has 0 aliphatic rings. The number of guanidine groups is 1. The van der Waals surface area contributed by atoms with E-state index in [2.05, 4.69) is 31.8 Å². The average molecular weight is 351 g/mol. The first kappa shape index (κ1) is 17.3. The summed E-state index contributed by atoms with van der Waals surface area (Å²) < 4.78 is 1.58. The Morgan fingerprint density at radius 2 is 1.96 bits per heavy atom. The quantitative estimate of drug-likeness (QED) is 0.281. The van der Waals surface area contributed by atoms with Crippen LogP contribution in [0.15, 0.2) is 41.7 Å². The molecule has 0 saturated heterocycles. The van der Waals surface area contributed by atoms with Gasteiger partial charge in [-0.3, -0.25) is 0 Å². The molecule has 0 radical (unpaired) electrons. The summed E-state index contributed by atoms with van der Waals surface area (Å²) >= 11 is 0. The second-order valence-corrected chi connectivity index (χ2v) is 5.43. The van der Waals surface area contributed by atoms with Gasteiger partial charge in [-0.2, -0.15) is 9.98 Å². The molecular weight excluding hydrogens is 334 g/mol. The van der Waals surface area contributed by atoms with Gasteiger partial charge in [0.2, 0.25) is 5.82 Å². The molecule has 9 nitrogen and oxygen atoms in total. The third-order valence-electron chi connectivity index (χ3n) is 3.39. The number of benzene rings is 1. The lowest BCUT2D eigenvalue weighted by atomic mass is 10.2. The lowest BCUT2D eigenvalue weighted by Gasteiger charge is -2.08. The number of aromatic nitrogens is 4. The van der Waals surface area contributed by atoms with Crippen LogP contribution in [0, 0.1) is 11.8 Å². The van der Waals surface area contributed by atoms with Crippen LogP contribution in [-0.2, 0) is 6.54 Å². The number of hydrogen-bond donors (Lipinski definition) is 4. The van der Waals surface area contributed by atoms with E-state index >= 15 is 0 Å². The molecule has 2 heterocycles. The molecule has 0 amide bonds. The average Bonchev–Trinajstić information content (AvgIpc) is 3.03. The van der Waals surface area contributed by atoms with Gasteiger partial charge >= 0.3 is 0 Å². The fourth-order valence-electron chi connectivity index (χ4n) is 2.25. The Morgan fingerprint density at radius 1 is 1.19 bits per heavy atom. The van der Waals surface area contributed by atoms with Gasteiger partial charge in [-0.25, -0.2) is 9.97 Å². The number of imidazole rings is 1. The van der Waals surface area contributed by atoms with E-state index in [0.29, 0.717) is 11.2 Å². The molecule has 0 bridgehead atoms. The molecule has 1 atom stereocenters. The maximum atomic E-state index is 9.69.